The first kappa shape index (κ1) is 22.8. The summed E-state index contributed by atoms with van der Waals surface area (Å²) in [7, 11) is -4.21. The number of nitro groups is 1. The molecule has 0 bridgehead atoms. The van der Waals surface area contributed by atoms with Gasteiger partial charge in [0.1, 0.15) is 6.07 Å². The topological polar surface area (TPSA) is 108 Å². The van der Waals surface area contributed by atoms with Gasteiger partial charge < -0.3 is 4.90 Å². The molecule has 0 unspecified atom stereocenters. The van der Waals surface area contributed by atoms with Crippen LogP contribution in [0.3, 0.4) is 0 Å². The molecule has 0 atom stereocenters. The quantitative estimate of drug-likeness (QED) is 0.494. The van der Waals surface area contributed by atoms with Crippen LogP contribution in [-0.4, -0.2) is 43.8 Å². The van der Waals surface area contributed by atoms with Crippen LogP contribution >= 0.6 is 11.6 Å². The van der Waals surface area contributed by atoms with E-state index in [1.54, 1.807) is 4.90 Å². The first-order valence-corrected chi connectivity index (χ1v) is 10.6. The standard InChI is InChI=1S/C18H14ClF3N4O4S/c19-16-3-2-14(10-15(16)18(20,21)22)31(29,30)25-7-5-24(6-8-25)17-4-1-13(26(27)28)9-12(17)11-23/h1-4,9-10H,5-8H2. The Morgan fingerprint density at radius 1 is 1.10 bits per heavy atom. The van der Waals surface area contributed by atoms with Gasteiger partial charge in [0.15, 0.2) is 0 Å². The molecule has 31 heavy (non-hydrogen) atoms. The van der Waals surface area contributed by atoms with Crippen molar-refractivity contribution in [1.82, 2.24) is 4.31 Å². The van der Waals surface area contributed by atoms with E-state index in [0.29, 0.717) is 11.8 Å². The highest BCUT2D eigenvalue weighted by Gasteiger charge is 2.36. The lowest BCUT2D eigenvalue weighted by Gasteiger charge is -2.35. The summed E-state index contributed by atoms with van der Waals surface area (Å²) in [6, 6.07) is 8.09. The second-order valence-electron chi connectivity index (χ2n) is 6.60. The molecule has 3 rings (SSSR count). The van der Waals surface area contributed by atoms with Crippen molar-refractivity contribution in [3.05, 3.63) is 62.7 Å². The monoisotopic (exact) mass is 474 g/mol. The fourth-order valence-corrected chi connectivity index (χ4v) is 4.88. The highest BCUT2D eigenvalue weighted by Crippen LogP contribution is 2.36. The Hall–Kier alpha value is -2.88. The van der Waals surface area contributed by atoms with Gasteiger partial charge in [0.05, 0.1) is 31.7 Å². The molecule has 2 aromatic rings. The van der Waals surface area contributed by atoms with Crippen molar-refractivity contribution in [1.29, 1.82) is 5.26 Å². The smallest absolute Gasteiger partial charge is 0.368 e. The number of benzene rings is 2. The molecule has 0 radical (unpaired) electrons. The van der Waals surface area contributed by atoms with Crippen molar-refractivity contribution in [2.75, 3.05) is 31.1 Å². The van der Waals surface area contributed by atoms with Crippen molar-refractivity contribution >= 4 is 33.0 Å². The lowest BCUT2D eigenvalue weighted by Crippen LogP contribution is -2.48. The van der Waals surface area contributed by atoms with Gasteiger partial charge in [0, 0.05) is 38.3 Å². The molecule has 164 valence electrons. The lowest BCUT2D eigenvalue weighted by atomic mass is 10.1. The number of hydrogen-bond acceptors (Lipinski definition) is 6. The van der Waals surface area contributed by atoms with Gasteiger partial charge in [-0.2, -0.15) is 22.7 Å². The maximum absolute atomic E-state index is 13.1. The normalized spacial score (nSPS) is 15.5. The molecule has 8 nitrogen and oxygen atoms in total. The molecule has 1 heterocycles. The number of hydrogen-bond donors (Lipinski definition) is 0. The number of alkyl halides is 3. The molecular formula is C18H14ClF3N4O4S. The third kappa shape index (κ3) is 4.58. The van der Waals surface area contributed by atoms with Crippen LogP contribution in [0.5, 0.6) is 0 Å². The van der Waals surface area contributed by atoms with Crippen molar-refractivity contribution in [3.63, 3.8) is 0 Å². The summed E-state index contributed by atoms with van der Waals surface area (Å²) in [6.07, 6.45) is -4.80. The SMILES string of the molecule is N#Cc1cc([N+](=O)[O-])ccc1N1CCN(S(=O)(=O)c2ccc(Cl)c(C(F)(F)F)c2)CC1. The highest BCUT2D eigenvalue weighted by molar-refractivity contribution is 7.89. The molecule has 2 aromatic carbocycles. The minimum Gasteiger partial charge on any atom is -0.368 e. The number of sulfonamides is 1. The van der Waals surface area contributed by atoms with E-state index in [1.807, 2.05) is 6.07 Å². The predicted octanol–water partition coefficient (Wildman–Crippen LogP) is 3.65. The Morgan fingerprint density at radius 3 is 2.29 bits per heavy atom. The Balaban J connectivity index is 1.81. The Bertz CT molecular complexity index is 1170. The summed E-state index contributed by atoms with van der Waals surface area (Å²) in [5, 5.41) is 19.6. The Kier molecular flexibility index (Phi) is 6.13. The maximum Gasteiger partial charge on any atom is 0.417 e. The fraction of sp³-hybridized carbons (Fsp3) is 0.278. The van der Waals surface area contributed by atoms with E-state index in [0.717, 1.165) is 22.5 Å². The number of piperazine rings is 1. The molecule has 0 spiro atoms. The minimum absolute atomic E-state index is 0.0475. The number of halogens is 4. The van der Waals surface area contributed by atoms with Gasteiger partial charge in [0.25, 0.3) is 5.69 Å². The van der Waals surface area contributed by atoms with Gasteiger partial charge in [-0.25, -0.2) is 8.42 Å². The third-order valence-electron chi connectivity index (χ3n) is 4.77. The summed E-state index contributed by atoms with van der Waals surface area (Å²) in [5.41, 5.74) is -1.00. The zero-order valence-electron chi connectivity index (χ0n) is 15.6. The summed E-state index contributed by atoms with van der Waals surface area (Å²) in [5.74, 6) is 0. The number of rotatable bonds is 4. The number of anilines is 1. The molecule has 0 amide bonds. The van der Waals surface area contributed by atoms with E-state index < -0.39 is 36.6 Å². The van der Waals surface area contributed by atoms with Gasteiger partial charge in [-0.15, -0.1) is 0 Å². The van der Waals surface area contributed by atoms with Crippen LogP contribution in [0.4, 0.5) is 24.5 Å². The van der Waals surface area contributed by atoms with Gasteiger partial charge in [-0.3, -0.25) is 10.1 Å². The summed E-state index contributed by atoms with van der Waals surface area (Å²) < 4.78 is 66.0. The summed E-state index contributed by atoms with van der Waals surface area (Å²) in [6.45, 7) is 0.194. The molecule has 0 saturated carbocycles. The molecule has 1 fully saturated rings. The molecule has 1 saturated heterocycles. The van der Waals surface area contributed by atoms with E-state index in [-0.39, 0.29) is 37.4 Å². The van der Waals surface area contributed by atoms with Crippen LogP contribution in [0, 0.1) is 21.4 Å². The average Bonchev–Trinajstić information content (AvgIpc) is 2.72. The largest absolute Gasteiger partial charge is 0.417 e. The van der Waals surface area contributed by atoms with Crippen molar-refractivity contribution in [2.24, 2.45) is 0 Å². The van der Waals surface area contributed by atoms with Gasteiger partial charge >= 0.3 is 6.18 Å². The number of nitrogens with zero attached hydrogens (tertiary/aromatic N) is 4. The Morgan fingerprint density at radius 2 is 1.74 bits per heavy atom. The van der Waals surface area contributed by atoms with Crippen LogP contribution in [0.15, 0.2) is 41.3 Å². The first-order valence-electron chi connectivity index (χ1n) is 8.75. The molecule has 1 aliphatic rings. The molecule has 0 aromatic heterocycles. The van der Waals surface area contributed by atoms with Crippen LogP contribution in [0.2, 0.25) is 5.02 Å². The number of nitriles is 1. The fourth-order valence-electron chi connectivity index (χ4n) is 3.20. The third-order valence-corrected chi connectivity index (χ3v) is 7.00. The van der Waals surface area contributed by atoms with Crippen molar-refractivity contribution in [3.8, 4) is 6.07 Å². The van der Waals surface area contributed by atoms with Gasteiger partial charge in [-0.05, 0) is 24.3 Å². The van der Waals surface area contributed by atoms with Gasteiger partial charge in [0.2, 0.25) is 10.0 Å². The molecule has 0 aliphatic carbocycles. The second-order valence-corrected chi connectivity index (χ2v) is 8.95. The average molecular weight is 475 g/mol. The molecule has 1 aliphatic heterocycles. The minimum atomic E-state index is -4.80. The highest BCUT2D eigenvalue weighted by atomic mass is 35.5. The van der Waals surface area contributed by atoms with Crippen molar-refractivity contribution < 1.29 is 26.5 Å². The second kappa shape index (κ2) is 8.33. The lowest BCUT2D eigenvalue weighted by molar-refractivity contribution is -0.384. The zero-order chi connectivity index (χ0) is 23.0. The van der Waals surface area contributed by atoms with E-state index in [1.165, 1.54) is 12.1 Å². The van der Waals surface area contributed by atoms with E-state index >= 15 is 0 Å². The number of non-ortho nitro benzene ring substituents is 1. The summed E-state index contributed by atoms with van der Waals surface area (Å²) >= 11 is 5.56. The van der Waals surface area contributed by atoms with Gasteiger partial charge in [-0.1, -0.05) is 11.6 Å². The Labute approximate surface area is 180 Å². The summed E-state index contributed by atoms with van der Waals surface area (Å²) in [4.78, 5) is 11.4. The van der Waals surface area contributed by atoms with E-state index in [2.05, 4.69) is 0 Å². The maximum atomic E-state index is 13.1. The molecular weight excluding hydrogens is 461 g/mol. The number of nitro benzene ring substituents is 1. The van der Waals surface area contributed by atoms with Crippen LogP contribution in [-0.2, 0) is 16.2 Å². The predicted molar refractivity (Wildman–Crippen MR) is 105 cm³/mol. The van der Waals surface area contributed by atoms with E-state index in [9.17, 15) is 37.0 Å². The van der Waals surface area contributed by atoms with Crippen LogP contribution in [0.1, 0.15) is 11.1 Å². The molecule has 13 heteroatoms. The first-order chi connectivity index (χ1) is 14.4. The van der Waals surface area contributed by atoms with Crippen LogP contribution in [0.25, 0.3) is 0 Å². The zero-order valence-corrected chi connectivity index (χ0v) is 17.2. The van der Waals surface area contributed by atoms with Crippen molar-refractivity contribution in [2.45, 2.75) is 11.1 Å². The van der Waals surface area contributed by atoms with Crippen LogP contribution < -0.4 is 4.90 Å². The van der Waals surface area contributed by atoms with E-state index in [4.69, 9.17) is 11.6 Å². The molecule has 0 N–H and O–H groups in total.